The minimum absolute atomic E-state index is 0.245. The lowest BCUT2D eigenvalue weighted by Crippen LogP contribution is -2.09. The van der Waals surface area contributed by atoms with Crippen LogP contribution in [-0.2, 0) is 9.47 Å². The predicted octanol–water partition coefficient (Wildman–Crippen LogP) is 4.03. The Morgan fingerprint density at radius 2 is 1.42 bits per heavy atom. The van der Waals surface area contributed by atoms with Crippen LogP contribution in [0.1, 0.15) is 23.3 Å². The average molecular weight is 252 g/mol. The summed E-state index contributed by atoms with van der Waals surface area (Å²) >= 11 is 0. The van der Waals surface area contributed by atoms with Crippen LogP contribution in [0.2, 0.25) is 0 Å². The van der Waals surface area contributed by atoms with E-state index in [1.807, 2.05) is 48.5 Å². The molecule has 2 heteroatoms. The van der Waals surface area contributed by atoms with Crippen molar-refractivity contribution in [2.24, 2.45) is 0 Å². The first kappa shape index (κ1) is 12.0. The van der Waals surface area contributed by atoms with E-state index in [0.717, 1.165) is 5.56 Å². The summed E-state index contributed by atoms with van der Waals surface area (Å²) in [5, 5.41) is 0. The molecule has 0 N–H and O–H groups in total. The Labute approximate surface area is 113 Å². The van der Waals surface area contributed by atoms with Gasteiger partial charge in [-0.25, -0.2) is 0 Å². The summed E-state index contributed by atoms with van der Waals surface area (Å²) in [6.07, 6.45) is 3.49. The van der Waals surface area contributed by atoms with E-state index in [4.69, 9.17) is 9.47 Å². The van der Waals surface area contributed by atoms with Gasteiger partial charge in [-0.2, -0.15) is 0 Å². The maximum Gasteiger partial charge on any atom is 0.225 e. The van der Waals surface area contributed by atoms with Crippen LogP contribution in [0.3, 0.4) is 0 Å². The Hall–Kier alpha value is -2.06. The first-order valence-corrected chi connectivity index (χ1v) is 6.47. The maximum atomic E-state index is 5.87. The quantitative estimate of drug-likeness (QED) is 0.803. The van der Waals surface area contributed by atoms with Gasteiger partial charge in [0, 0.05) is 11.5 Å². The number of benzene rings is 2. The highest BCUT2D eigenvalue weighted by Gasteiger charge is 2.18. The van der Waals surface area contributed by atoms with E-state index in [0.29, 0.717) is 6.61 Å². The van der Waals surface area contributed by atoms with Gasteiger partial charge in [-0.05, 0) is 11.6 Å². The van der Waals surface area contributed by atoms with Gasteiger partial charge in [-0.3, -0.25) is 0 Å². The zero-order chi connectivity index (χ0) is 12.9. The molecule has 96 valence electrons. The topological polar surface area (TPSA) is 18.5 Å². The Morgan fingerprint density at radius 1 is 0.789 bits per heavy atom. The van der Waals surface area contributed by atoms with Crippen LogP contribution in [0.5, 0.6) is 0 Å². The summed E-state index contributed by atoms with van der Waals surface area (Å²) < 4.78 is 11.5. The van der Waals surface area contributed by atoms with Gasteiger partial charge in [0.05, 0.1) is 12.9 Å². The first-order valence-electron chi connectivity index (χ1n) is 6.47. The highest BCUT2D eigenvalue weighted by molar-refractivity contribution is 5.24. The van der Waals surface area contributed by atoms with Crippen LogP contribution in [0.25, 0.3) is 0 Å². The van der Waals surface area contributed by atoms with E-state index in [9.17, 15) is 0 Å². The van der Waals surface area contributed by atoms with Gasteiger partial charge in [0.15, 0.2) is 0 Å². The Kier molecular flexibility index (Phi) is 3.61. The molecule has 0 bridgehead atoms. The maximum absolute atomic E-state index is 5.87. The third-order valence-electron chi connectivity index (χ3n) is 3.24. The van der Waals surface area contributed by atoms with Crippen LogP contribution in [0.15, 0.2) is 73.0 Å². The van der Waals surface area contributed by atoms with Crippen molar-refractivity contribution < 1.29 is 9.47 Å². The molecular weight excluding hydrogens is 236 g/mol. The number of hydrogen-bond acceptors (Lipinski definition) is 2. The Bertz CT molecular complexity index is 534. The van der Waals surface area contributed by atoms with Crippen LogP contribution in [0.4, 0.5) is 0 Å². The van der Waals surface area contributed by atoms with Gasteiger partial charge < -0.3 is 9.47 Å². The normalized spacial score (nSPS) is 22.5. The van der Waals surface area contributed by atoms with Gasteiger partial charge in [0.2, 0.25) is 6.29 Å². The van der Waals surface area contributed by atoms with Crippen molar-refractivity contribution in [2.75, 3.05) is 6.61 Å². The van der Waals surface area contributed by atoms with Crippen molar-refractivity contribution in [3.05, 3.63) is 84.1 Å². The summed E-state index contributed by atoms with van der Waals surface area (Å²) in [5.41, 5.74) is 2.29. The fraction of sp³-hybridized carbons (Fsp3) is 0.176. The molecule has 2 aromatic rings. The van der Waals surface area contributed by atoms with Crippen molar-refractivity contribution in [1.82, 2.24) is 0 Å². The van der Waals surface area contributed by atoms with Gasteiger partial charge in [0.25, 0.3) is 0 Å². The number of hydrogen-bond donors (Lipinski definition) is 0. The highest BCUT2D eigenvalue weighted by Crippen LogP contribution is 2.27. The van der Waals surface area contributed by atoms with Gasteiger partial charge >= 0.3 is 0 Å². The molecule has 1 aliphatic heterocycles. The molecule has 3 rings (SSSR count). The molecule has 2 aromatic carbocycles. The molecule has 0 amide bonds. The molecule has 0 saturated carbocycles. The van der Waals surface area contributed by atoms with E-state index < -0.39 is 0 Å². The Balaban J connectivity index is 1.73. The molecule has 0 saturated heterocycles. The molecule has 1 aliphatic rings. The summed E-state index contributed by atoms with van der Waals surface area (Å²) in [4.78, 5) is 0. The standard InChI is InChI=1S/C17H16O2/c1-3-7-14(8-4-1)16-11-12-18-17(19-13-16)15-9-5-2-6-10-15/h1-12,16-17H,13H2/t16-,17-/m1/s1. The molecule has 0 unspecified atom stereocenters. The lowest BCUT2D eigenvalue weighted by atomic mass is 10.0. The van der Waals surface area contributed by atoms with E-state index in [-0.39, 0.29) is 12.2 Å². The molecule has 19 heavy (non-hydrogen) atoms. The monoisotopic (exact) mass is 252 g/mol. The van der Waals surface area contributed by atoms with Gasteiger partial charge in [-0.15, -0.1) is 0 Å². The average Bonchev–Trinajstić information content (AvgIpc) is 2.75. The molecule has 2 atom stereocenters. The van der Waals surface area contributed by atoms with Crippen molar-refractivity contribution in [2.45, 2.75) is 12.2 Å². The van der Waals surface area contributed by atoms with Crippen molar-refractivity contribution in [1.29, 1.82) is 0 Å². The molecule has 2 nitrogen and oxygen atoms in total. The number of rotatable bonds is 2. The molecule has 0 aliphatic carbocycles. The first-order chi connectivity index (χ1) is 9.43. The summed E-state index contributed by atoms with van der Waals surface area (Å²) in [7, 11) is 0. The third-order valence-corrected chi connectivity index (χ3v) is 3.24. The summed E-state index contributed by atoms with van der Waals surface area (Å²) in [6.45, 7) is 0.625. The minimum atomic E-state index is -0.314. The molecule has 0 spiro atoms. The second-order valence-corrected chi connectivity index (χ2v) is 4.56. The van der Waals surface area contributed by atoms with Crippen LogP contribution >= 0.6 is 0 Å². The lowest BCUT2D eigenvalue weighted by Gasteiger charge is -2.17. The predicted molar refractivity (Wildman–Crippen MR) is 74.5 cm³/mol. The third kappa shape index (κ3) is 2.85. The summed E-state index contributed by atoms with van der Waals surface area (Å²) in [5.74, 6) is 0.245. The smallest absolute Gasteiger partial charge is 0.225 e. The minimum Gasteiger partial charge on any atom is -0.469 e. The molecular formula is C17H16O2. The van der Waals surface area contributed by atoms with Crippen LogP contribution in [-0.4, -0.2) is 6.61 Å². The van der Waals surface area contributed by atoms with E-state index >= 15 is 0 Å². The number of ether oxygens (including phenoxy) is 2. The lowest BCUT2D eigenvalue weighted by molar-refractivity contribution is -0.105. The van der Waals surface area contributed by atoms with E-state index in [1.165, 1.54) is 5.56 Å². The molecule has 0 aromatic heterocycles. The molecule has 0 radical (unpaired) electrons. The van der Waals surface area contributed by atoms with Crippen molar-refractivity contribution in [3.63, 3.8) is 0 Å². The fourth-order valence-electron chi connectivity index (χ4n) is 2.19. The van der Waals surface area contributed by atoms with Crippen LogP contribution in [0, 0.1) is 0 Å². The molecule has 0 fully saturated rings. The van der Waals surface area contributed by atoms with Gasteiger partial charge in [-0.1, -0.05) is 60.7 Å². The van der Waals surface area contributed by atoms with Crippen molar-refractivity contribution >= 4 is 0 Å². The largest absolute Gasteiger partial charge is 0.469 e. The van der Waals surface area contributed by atoms with Crippen LogP contribution < -0.4 is 0 Å². The highest BCUT2D eigenvalue weighted by atomic mass is 16.7. The SMILES string of the molecule is C1=C[C@@H](c2ccccc2)CO[C@H](c2ccccc2)O1. The van der Waals surface area contributed by atoms with Gasteiger partial charge in [0.1, 0.15) is 0 Å². The fourth-order valence-corrected chi connectivity index (χ4v) is 2.19. The zero-order valence-electron chi connectivity index (χ0n) is 10.6. The summed E-state index contributed by atoms with van der Waals surface area (Å²) in [6, 6.07) is 20.3. The second-order valence-electron chi connectivity index (χ2n) is 4.56. The molecule has 1 heterocycles. The van der Waals surface area contributed by atoms with E-state index in [2.05, 4.69) is 18.2 Å². The zero-order valence-corrected chi connectivity index (χ0v) is 10.6. The Morgan fingerprint density at radius 3 is 2.11 bits per heavy atom. The van der Waals surface area contributed by atoms with E-state index in [1.54, 1.807) is 6.26 Å². The second kappa shape index (κ2) is 5.72. The van der Waals surface area contributed by atoms with Crippen molar-refractivity contribution in [3.8, 4) is 0 Å².